The van der Waals surface area contributed by atoms with Crippen molar-refractivity contribution >= 4 is 0 Å². The van der Waals surface area contributed by atoms with Gasteiger partial charge in [0, 0.05) is 13.0 Å². The van der Waals surface area contributed by atoms with Crippen molar-refractivity contribution < 1.29 is 4.52 Å². The van der Waals surface area contributed by atoms with E-state index in [1.54, 1.807) is 0 Å². The van der Waals surface area contributed by atoms with Crippen LogP contribution < -0.4 is 5.32 Å². The first-order chi connectivity index (χ1) is 8.86. The highest BCUT2D eigenvalue weighted by Crippen LogP contribution is 2.24. The van der Waals surface area contributed by atoms with Crippen LogP contribution in [0.15, 0.2) is 28.8 Å². The zero-order chi connectivity index (χ0) is 12.4. The van der Waals surface area contributed by atoms with Crippen LogP contribution in [0, 0.1) is 0 Å². The summed E-state index contributed by atoms with van der Waals surface area (Å²) in [5.74, 6) is 1.53. The van der Waals surface area contributed by atoms with Gasteiger partial charge in [-0.3, -0.25) is 0 Å². The fourth-order valence-corrected chi connectivity index (χ4v) is 2.36. The molecule has 2 aromatic rings. The molecule has 4 heteroatoms. The Balaban J connectivity index is 1.78. The van der Waals surface area contributed by atoms with Gasteiger partial charge in [0.25, 0.3) is 0 Å². The van der Waals surface area contributed by atoms with Gasteiger partial charge in [-0.1, -0.05) is 36.3 Å². The number of aromatic nitrogens is 2. The summed E-state index contributed by atoms with van der Waals surface area (Å²) in [6.45, 7) is 2.98. The largest absolute Gasteiger partial charge is 0.338 e. The number of fused-ring (bicyclic) bond motifs is 1. The van der Waals surface area contributed by atoms with Crippen molar-refractivity contribution in [2.45, 2.75) is 38.8 Å². The van der Waals surface area contributed by atoms with Gasteiger partial charge in [-0.15, -0.1) is 0 Å². The fraction of sp³-hybridized carbons (Fsp3) is 0.429. The summed E-state index contributed by atoms with van der Waals surface area (Å²) < 4.78 is 5.35. The molecule has 0 saturated heterocycles. The first-order valence-electron chi connectivity index (χ1n) is 6.49. The van der Waals surface area contributed by atoms with Crippen LogP contribution >= 0.6 is 0 Å². The highest BCUT2D eigenvalue weighted by Gasteiger charge is 2.23. The first kappa shape index (κ1) is 11.4. The molecule has 18 heavy (non-hydrogen) atoms. The predicted molar refractivity (Wildman–Crippen MR) is 68.0 cm³/mol. The van der Waals surface area contributed by atoms with Crippen LogP contribution in [-0.2, 0) is 19.4 Å². The van der Waals surface area contributed by atoms with Gasteiger partial charge < -0.3 is 9.84 Å². The number of hydrogen-bond acceptors (Lipinski definition) is 4. The van der Waals surface area contributed by atoms with Crippen LogP contribution in [0.5, 0.6) is 0 Å². The van der Waals surface area contributed by atoms with Crippen molar-refractivity contribution in [3.05, 3.63) is 47.1 Å². The van der Waals surface area contributed by atoms with E-state index in [4.69, 9.17) is 4.52 Å². The second kappa shape index (κ2) is 4.90. The maximum atomic E-state index is 5.35. The lowest BCUT2D eigenvalue weighted by Gasteiger charge is -2.23. The molecule has 0 spiro atoms. The molecular formula is C14H17N3O. The van der Waals surface area contributed by atoms with Crippen molar-refractivity contribution in [3.8, 4) is 0 Å². The lowest BCUT2D eigenvalue weighted by Crippen LogP contribution is -2.28. The van der Waals surface area contributed by atoms with Crippen LogP contribution in [-0.4, -0.2) is 10.1 Å². The smallest absolute Gasteiger partial charge is 0.244 e. The summed E-state index contributed by atoms with van der Waals surface area (Å²) in [5.41, 5.74) is 2.73. The molecule has 1 atom stereocenters. The zero-order valence-electron chi connectivity index (χ0n) is 10.5. The third-order valence-corrected chi connectivity index (χ3v) is 3.34. The van der Waals surface area contributed by atoms with E-state index in [1.165, 1.54) is 11.1 Å². The van der Waals surface area contributed by atoms with Gasteiger partial charge >= 0.3 is 0 Å². The van der Waals surface area contributed by atoms with E-state index in [0.717, 1.165) is 31.6 Å². The van der Waals surface area contributed by atoms with E-state index in [-0.39, 0.29) is 6.04 Å². The molecule has 3 rings (SSSR count). The quantitative estimate of drug-likeness (QED) is 0.899. The summed E-state index contributed by atoms with van der Waals surface area (Å²) in [6, 6.07) is 8.64. The molecule has 0 bridgehead atoms. The maximum absolute atomic E-state index is 5.35. The molecule has 94 valence electrons. The van der Waals surface area contributed by atoms with Crippen molar-refractivity contribution in [1.82, 2.24) is 15.5 Å². The molecule has 1 aromatic carbocycles. The highest BCUT2D eigenvalue weighted by atomic mass is 16.5. The van der Waals surface area contributed by atoms with Gasteiger partial charge in [0.15, 0.2) is 5.82 Å². The average molecular weight is 243 g/mol. The number of rotatable bonds is 3. The number of aryl methyl sites for hydroxylation is 1. The number of hydrogen-bond donors (Lipinski definition) is 1. The van der Waals surface area contributed by atoms with Crippen LogP contribution in [0.3, 0.4) is 0 Å². The van der Waals surface area contributed by atoms with Gasteiger partial charge in [-0.05, 0) is 24.0 Å². The van der Waals surface area contributed by atoms with E-state index in [1.807, 2.05) is 0 Å². The molecule has 0 fully saturated rings. The highest BCUT2D eigenvalue weighted by molar-refractivity contribution is 5.30. The second-order valence-corrected chi connectivity index (χ2v) is 4.71. The minimum absolute atomic E-state index is 0.151. The first-order valence-corrected chi connectivity index (χ1v) is 6.49. The van der Waals surface area contributed by atoms with Gasteiger partial charge in [0.1, 0.15) is 0 Å². The number of nitrogens with zero attached hydrogens (tertiary/aromatic N) is 2. The summed E-state index contributed by atoms with van der Waals surface area (Å²) in [4.78, 5) is 4.46. The van der Waals surface area contributed by atoms with Crippen LogP contribution in [0.25, 0.3) is 0 Å². The van der Waals surface area contributed by atoms with Crippen molar-refractivity contribution in [3.63, 3.8) is 0 Å². The van der Waals surface area contributed by atoms with Gasteiger partial charge in [-0.25, -0.2) is 0 Å². The molecule has 0 radical (unpaired) electrons. The molecule has 1 N–H and O–H groups in total. The Morgan fingerprint density at radius 3 is 3.00 bits per heavy atom. The third kappa shape index (κ3) is 2.16. The van der Waals surface area contributed by atoms with Crippen molar-refractivity contribution in [1.29, 1.82) is 0 Å². The lowest BCUT2D eigenvalue weighted by atomic mass is 9.96. The fourth-order valence-electron chi connectivity index (χ4n) is 2.36. The molecular weight excluding hydrogens is 226 g/mol. The van der Waals surface area contributed by atoms with Crippen molar-refractivity contribution in [2.75, 3.05) is 0 Å². The molecule has 1 aliphatic heterocycles. The Labute approximate surface area is 106 Å². The van der Waals surface area contributed by atoms with Gasteiger partial charge in [0.05, 0.1) is 6.04 Å². The molecule has 4 nitrogen and oxygen atoms in total. The summed E-state index contributed by atoms with van der Waals surface area (Å²) in [5, 5.41) is 7.46. The normalized spacial score (nSPS) is 18.6. The van der Waals surface area contributed by atoms with Crippen molar-refractivity contribution in [2.24, 2.45) is 0 Å². The van der Waals surface area contributed by atoms with Gasteiger partial charge in [0.2, 0.25) is 5.89 Å². The van der Waals surface area contributed by atoms with Crippen LogP contribution in [0.1, 0.15) is 42.2 Å². The second-order valence-electron chi connectivity index (χ2n) is 4.71. The van der Waals surface area contributed by atoms with Gasteiger partial charge in [-0.2, -0.15) is 4.98 Å². The number of nitrogens with one attached hydrogen (secondary N) is 1. The van der Waals surface area contributed by atoms with Crippen LogP contribution in [0.2, 0.25) is 0 Å². The number of benzene rings is 1. The Kier molecular flexibility index (Phi) is 3.11. The standard InChI is InChI=1S/C14H17N3O/c1-2-5-13-16-14(18-17-13)12-8-10-6-3-4-7-11(10)9-15-12/h3-4,6-7,12,15H,2,5,8-9H2,1H3/t12-/m1/s1. The summed E-state index contributed by atoms with van der Waals surface area (Å²) >= 11 is 0. The summed E-state index contributed by atoms with van der Waals surface area (Å²) in [6.07, 6.45) is 2.84. The van der Waals surface area contributed by atoms with E-state index >= 15 is 0 Å². The van der Waals surface area contributed by atoms with E-state index in [0.29, 0.717) is 5.89 Å². The van der Waals surface area contributed by atoms with E-state index in [9.17, 15) is 0 Å². The Morgan fingerprint density at radius 1 is 1.33 bits per heavy atom. The third-order valence-electron chi connectivity index (χ3n) is 3.34. The monoisotopic (exact) mass is 243 g/mol. The topological polar surface area (TPSA) is 51.0 Å². The maximum Gasteiger partial charge on any atom is 0.244 e. The molecule has 1 aliphatic rings. The minimum Gasteiger partial charge on any atom is -0.338 e. The molecule has 0 amide bonds. The SMILES string of the molecule is CCCc1noc([C@H]2Cc3ccccc3CN2)n1. The Bertz CT molecular complexity index is 535. The Hall–Kier alpha value is -1.68. The molecule has 2 heterocycles. The van der Waals surface area contributed by atoms with E-state index < -0.39 is 0 Å². The molecule has 0 saturated carbocycles. The van der Waals surface area contributed by atoms with Crippen LogP contribution in [0.4, 0.5) is 0 Å². The lowest BCUT2D eigenvalue weighted by molar-refractivity contribution is 0.318. The van der Waals surface area contributed by atoms with E-state index in [2.05, 4.69) is 46.6 Å². The molecule has 1 aromatic heterocycles. The zero-order valence-corrected chi connectivity index (χ0v) is 10.5. The average Bonchev–Trinajstić information content (AvgIpc) is 2.87. The molecule has 0 aliphatic carbocycles. The minimum atomic E-state index is 0.151. The predicted octanol–water partition coefficient (Wildman–Crippen LogP) is 2.41. The summed E-state index contributed by atoms with van der Waals surface area (Å²) in [7, 11) is 0. The molecule has 0 unspecified atom stereocenters. The Morgan fingerprint density at radius 2 is 2.17 bits per heavy atom.